The predicted octanol–water partition coefficient (Wildman–Crippen LogP) is 7.06. The zero-order valence-corrected chi connectivity index (χ0v) is 19.4. The number of anilines is 2. The maximum Gasteiger partial charge on any atom is 0.416 e. The van der Waals surface area contributed by atoms with Crippen LogP contribution in [-0.4, -0.2) is 17.6 Å². The quantitative estimate of drug-likeness (QED) is 0.372. The van der Waals surface area contributed by atoms with E-state index in [1.54, 1.807) is 17.0 Å². The van der Waals surface area contributed by atoms with Gasteiger partial charge in [-0.1, -0.05) is 29.8 Å². The van der Waals surface area contributed by atoms with Crippen LogP contribution in [0, 0.1) is 6.92 Å². The number of benzene rings is 3. The number of carbonyl (C=O) groups is 2. The molecule has 0 unspecified atom stereocenters. The van der Waals surface area contributed by atoms with Crippen LogP contribution in [0.2, 0.25) is 0 Å². The lowest BCUT2D eigenvalue weighted by Gasteiger charge is -2.25. The van der Waals surface area contributed by atoms with Gasteiger partial charge in [0.05, 0.1) is 16.9 Å². The number of aryl methyl sites for hydroxylation is 1. The molecule has 4 nitrogen and oxygen atoms in total. The fraction of sp³-hybridized carbons (Fsp3) is 0.200. The van der Waals surface area contributed by atoms with Crippen molar-refractivity contribution in [1.29, 1.82) is 0 Å². The second kappa shape index (κ2) is 9.53. The highest BCUT2D eigenvalue weighted by atomic mass is 32.2. The summed E-state index contributed by atoms with van der Waals surface area (Å²) in [6.07, 6.45) is -10.1. The van der Waals surface area contributed by atoms with E-state index in [1.165, 1.54) is 23.9 Å². The van der Waals surface area contributed by atoms with Crippen LogP contribution in [0.3, 0.4) is 0 Å². The molecule has 4 rings (SSSR count). The Bertz CT molecular complexity index is 1270. The molecule has 1 N–H and O–H groups in total. The number of nitrogens with zero attached hydrogens (tertiary/aromatic N) is 1. The van der Waals surface area contributed by atoms with Gasteiger partial charge in [-0.15, -0.1) is 11.8 Å². The van der Waals surface area contributed by atoms with Crippen LogP contribution in [0.15, 0.2) is 66.7 Å². The Labute approximate surface area is 206 Å². The summed E-state index contributed by atoms with van der Waals surface area (Å²) in [4.78, 5) is 26.8. The van der Waals surface area contributed by atoms with E-state index < -0.39 is 40.3 Å². The number of thioether (sulfide) groups is 1. The van der Waals surface area contributed by atoms with Gasteiger partial charge in [-0.05, 0) is 55.0 Å². The molecule has 0 saturated carbocycles. The first-order valence-electron chi connectivity index (χ1n) is 10.5. The summed E-state index contributed by atoms with van der Waals surface area (Å²) in [5, 5.41) is 1.94. The number of carbonyl (C=O) groups excluding carboxylic acids is 2. The highest BCUT2D eigenvalue weighted by Crippen LogP contribution is 2.42. The van der Waals surface area contributed by atoms with Crippen LogP contribution >= 0.6 is 11.8 Å². The molecule has 36 heavy (non-hydrogen) atoms. The summed E-state index contributed by atoms with van der Waals surface area (Å²) in [6, 6.07) is 14.4. The number of hydrogen-bond donors (Lipinski definition) is 1. The highest BCUT2D eigenvalue weighted by molar-refractivity contribution is 8.00. The first-order valence-corrected chi connectivity index (χ1v) is 11.6. The lowest BCUT2D eigenvalue weighted by atomic mass is 10.0. The first-order chi connectivity index (χ1) is 16.8. The molecule has 1 atom stereocenters. The summed E-state index contributed by atoms with van der Waals surface area (Å²) < 4.78 is 78.9. The molecule has 0 aromatic heterocycles. The van der Waals surface area contributed by atoms with E-state index >= 15 is 0 Å². The minimum atomic E-state index is -5.07. The Morgan fingerprint density at radius 1 is 0.917 bits per heavy atom. The van der Waals surface area contributed by atoms with Gasteiger partial charge >= 0.3 is 12.4 Å². The van der Waals surface area contributed by atoms with Crippen molar-refractivity contribution < 1.29 is 35.9 Å². The Hall–Kier alpha value is -3.47. The summed E-state index contributed by atoms with van der Waals surface area (Å²) in [7, 11) is 0. The summed E-state index contributed by atoms with van der Waals surface area (Å²) in [5.41, 5.74) is -1.45. The lowest BCUT2D eigenvalue weighted by Crippen LogP contribution is -2.27. The topological polar surface area (TPSA) is 49.4 Å². The largest absolute Gasteiger partial charge is 0.416 e. The Balaban J connectivity index is 1.62. The average molecular weight is 524 g/mol. The molecule has 0 spiro atoms. The zero-order valence-electron chi connectivity index (χ0n) is 18.6. The SMILES string of the molecule is Cc1ccc(N2C(=O)CS[C@H]2c2cccc(NC(=O)c3cc(C(F)(F)F)cc(C(F)(F)F)c3)c2)cc1. The number of alkyl halides is 6. The zero-order chi connectivity index (χ0) is 26.3. The van der Waals surface area contributed by atoms with Gasteiger partial charge < -0.3 is 5.32 Å². The van der Waals surface area contributed by atoms with Crippen LogP contribution in [-0.2, 0) is 17.1 Å². The smallest absolute Gasteiger partial charge is 0.322 e. The van der Waals surface area contributed by atoms with Crippen molar-refractivity contribution in [3.05, 3.63) is 94.5 Å². The van der Waals surface area contributed by atoms with Gasteiger partial charge in [-0.2, -0.15) is 26.3 Å². The molecule has 0 aliphatic carbocycles. The third-order valence-corrected chi connectivity index (χ3v) is 6.67. The predicted molar refractivity (Wildman–Crippen MR) is 125 cm³/mol. The minimum Gasteiger partial charge on any atom is -0.322 e. The number of rotatable bonds is 4. The van der Waals surface area contributed by atoms with Crippen molar-refractivity contribution in [3.63, 3.8) is 0 Å². The van der Waals surface area contributed by atoms with Gasteiger partial charge in [0.15, 0.2) is 0 Å². The molecule has 0 radical (unpaired) electrons. The molecule has 1 aliphatic rings. The molecule has 1 saturated heterocycles. The third-order valence-electron chi connectivity index (χ3n) is 5.46. The monoisotopic (exact) mass is 524 g/mol. The molecule has 0 bridgehead atoms. The van der Waals surface area contributed by atoms with Crippen LogP contribution in [0.5, 0.6) is 0 Å². The number of nitrogens with one attached hydrogen (secondary N) is 1. The molecule has 1 heterocycles. The fourth-order valence-corrected chi connectivity index (χ4v) is 4.88. The Morgan fingerprint density at radius 2 is 1.53 bits per heavy atom. The van der Waals surface area contributed by atoms with E-state index in [-0.39, 0.29) is 23.4 Å². The normalized spacial score (nSPS) is 16.4. The van der Waals surface area contributed by atoms with E-state index in [0.717, 1.165) is 5.56 Å². The van der Waals surface area contributed by atoms with Gasteiger partial charge in [-0.25, -0.2) is 0 Å². The van der Waals surface area contributed by atoms with Crippen molar-refractivity contribution in [1.82, 2.24) is 0 Å². The second-order valence-corrected chi connectivity index (χ2v) is 9.21. The van der Waals surface area contributed by atoms with Crippen molar-refractivity contribution in [2.75, 3.05) is 16.0 Å². The molecule has 1 aliphatic heterocycles. The summed E-state index contributed by atoms with van der Waals surface area (Å²) in [5.74, 6) is -1.03. The van der Waals surface area contributed by atoms with Crippen molar-refractivity contribution >= 4 is 35.0 Å². The Kier molecular flexibility index (Phi) is 6.78. The molecular weight excluding hydrogens is 506 g/mol. The van der Waals surface area contributed by atoms with Gasteiger partial charge in [-0.3, -0.25) is 14.5 Å². The van der Waals surface area contributed by atoms with Crippen LogP contribution in [0.1, 0.15) is 38.0 Å². The number of halogens is 6. The van der Waals surface area contributed by atoms with Gasteiger partial charge in [0, 0.05) is 16.9 Å². The maximum absolute atomic E-state index is 13.1. The number of amides is 2. The van der Waals surface area contributed by atoms with Gasteiger partial charge in [0.2, 0.25) is 5.91 Å². The molecule has 3 aromatic rings. The van der Waals surface area contributed by atoms with Crippen LogP contribution in [0.4, 0.5) is 37.7 Å². The average Bonchev–Trinajstić information content (AvgIpc) is 3.19. The summed E-state index contributed by atoms with van der Waals surface area (Å²) in [6.45, 7) is 1.91. The van der Waals surface area contributed by atoms with Crippen molar-refractivity contribution in [3.8, 4) is 0 Å². The molecule has 11 heteroatoms. The van der Waals surface area contributed by atoms with Crippen LogP contribution < -0.4 is 10.2 Å². The highest BCUT2D eigenvalue weighted by Gasteiger charge is 2.38. The van der Waals surface area contributed by atoms with Crippen molar-refractivity contribution in [2.24, 2.45) is 0 Å². The van der Waals surface area contributed by atoms with Crippen LogP contribution in [0.25, 0.3) is 0 Å². The minimum absolute atomic E-state index is 0.0363. The van der Waals surface area contributed by atoms with E-state index in [9.17, 15) is 35.9 Å². The molecule has 1 fully saturated rings. The first kappa shape index (κ1) is 25.6. The number of hydrogen-bond acceptors (Lipinski definition) is 3. The van der Waals surface area contributed by atoms with E-state index in [0.29, 0.717) is 23.4 Å². The lowest BCUT2D eigenvalue weighted by molar-refractivity contribution is -0.143. The van der Waals surface area contributed by atoms with Gasteiger partial charge in [0.25, 0.3) is 5.91 Å². The van der Waals surface area contributed by atoms with Gasteiger partial charge in [0.1, 0.15) is 5.37 Å². The fourth-order valence-electron chi connectivity index (χ4n) is 3.71. The van der Waals surface area contributed by atoms with E-state index in [4.69, 9.17) is 0 Å². The van der Waals surface area contributed by atoms with E-state index in [1.807, 2.05) is 31.2 Å². The second-order valence-electron chi connectivity index (χ2n) is 8.14. The molecule has 188 valence electrons. The Morgan fingerprint density at radius 3 is 2.11 bits per heavy atom. The standard InChI is InChI=1S/C25H18F6N2O2S/c1-14-5-7-20(8-6-14)33-21(34)13-36-23(33)15-3-2-4-19(11-15)32-22(35)16-9-17(24(26,27)28)12-18(10-16)25(29,30)31/h2-12,23H,13H2,1H3,(H,32,35)/t23-/m0/s1. The van der Waals surface area contributed by atoms with E-state index in [2.05, 4.69) is 5.32 Å². The third kappa shape index (κ3) is 5.51. The molecular formula is C25H18F6N2O2S. The maximum atomic E-state index is 13.1. The summed E-state index contributed by atoms with van der Waals surface area (Å²) >= 11 is 1.36. The van der Waals surface area contributed by atoms with Crippen molar-refractivity contribution in [2.45, 2.75) is 24.7 Å². The molecule has 2 amide bonds. The molecule has 3 aromatic carbocycles.